The Balaban J connectivity index is 1.84. The smallest absolute Gasteiger partial charge is 0.246 e. The average molecular weight is 344 g/mol. The highest BCUT2D eigenvalue weighted by atomic mass is 19.1. The van der Waals surface area contributed by atoms with Crippen LogP contribution < -0.4 is 10.1 Å². The molecule has 3 rings (SSSR count). The molecule has 0 radical (unpaired) electrons. The van der Waals surface area contributed by atoms with Crippen LogP contribution in [0.25, 0.3) is 5.69 Å². The van der Waals surface area contributed by atoms with Gasteiger partial charge in [-0.1, -0.05) is 6.07 Å². The lowest BCUT2D eigenvalue weighted by Gasteiger charge is -2.13. The molecule has 1 aromatic heterocycles. The van der Waals surface area contributed by atoms with Crippen LogP contribution in [0.2, 0.25) is 0 Å². The van der Waals surface area contributed by atoms with E-state index in [-0.39, 0.29) is 11.8 Å². The number of benzene rings is 2. The molecular formula is C18H18F2N4O. The van der Waals surface area contributed by atoms with Gasteiger partial charge in [-0.2, -0.15) is 4.98 Å². The van der Waals surface area contributed by atoms with Gasteiger partial charge in [-0.25, -0.2) is 13.5 Å². The summed E-state index contributed by atoms with van der Waals surface area (Å²) >= 11 is 0. The molecule has 0 saturated heterocycles. The fourth-order valence-corrected chi connectivity index (χ4v) is 2.32. The maximum atomic E-state index is 13.3. The van der Waals surface area contributed by atoms with E-state index in [0.29, 0.717) is 5.95 Å². The highest BCUT2D eigenvalue weighted by Gasteiger charge is 2.09. The number of aromatic nitrogens is 3. The van der Waals surface area contributed by atoms with Crippen LogP contribution in [0, 0.1) is 18.6 Å². The summed E-state index contributed by atoms with van der Waals surface area (Å²) in [4.78, 5) is 4.13. The summed E-state index contributed by atoms with van der Waals surface area (Å²) in [5.74, 6) is -0.298. The zero-order chi connectivity index (χ0) is 18.0. The van der Waals surface area contributed by atoms with Crippen molar-refractivity contribution in [1.29, 1.82) is 0 Å². The first kappa shape index (κ1) is 16.9. The standard InChI is InChI=1S/C18H18F2N4O/c1-11(2)25-16-5-4-12(3)17(9-16)22-18-21-10-24(23-18)15-7-13(19)6-14(20)8-15/h4-11H,1-3H3,(H,22,23). The fraction of sp³-hybridized carbons (Fsp3) is 0.222. The first-order chi connectivity index (χ1) is 11.9. The number of hydrogen-bond donors (Lipinski definition) is 1. The first-order valence-electron chi connectivity index (χ1n) is 7.83. The van der Waals surface area contributed by atoms with Crippen molar-refractivity contribution in [2.45, 2.75) is 26.9 Å². The van der Waals surface area contributed by atoms with Crippen LogP contribution in [0.5, 0.6) is 5.75 Å². The third-order valence-electron chi connectivity index (χ3n) is 3.43. The highest BCUT2D eigenvalue weighted by molar-refractivity contribution is 5.60. The van der Waals surface area contributed by atoms with E-state index in [4.69, 9.17) is 4.74 Å². The molecule has 25 heavy (non-hydrogen) atoms. The average Bonchev–Trinajstić information content (AvgIpc) is 2.98. The lowest BCUT2D eigenvalue weighted by atomic mass is 10.2. The summed E-state index contributed by atoms with van der Waals surface area (Å²) in [6, 6.07) is 8.86. The van der Waals surface area contributed by atoms with Gasteiger partial charge in [-0.15, -0.1) is 5.10 Å². The van der Waals surface area contributed by atoms with Crippen LogP contribution >= 0.6 is 0 Å². The maximum absolute atomic E-state index is 13.3. The summed E-state index contributed by atoms with van der Waals surface area (Å²) in [7, 11) is 0. The van der Waals surface area contributed by atoms with Crippen molar-refractivity contribution < 1.29 is 13.5 Å². The lowest BCUT2D eigenvalue weighted by molar-refractivity contribution is 0.242. The Morgan fingerprint density at radius 1 is 1.08 bits per heavy atom. The van der Waals surface area contributed by atoms with Gasteiger partial charge >= 0.3 is 0 Å². The third-order valence-corrected chi connectivity index (χ3v) is 3.43. The van der Waals surface area contributed by atoms with Gasteiger partial charge in [0.25, 0.3) is 0 Å². The van der Waals surface area contributed by atoms with Crippen molar-refractivity contribution in [1.82, 2.24) is 14.8 Å². The van der Waals surface area contributed by atoms with Crippen molar-refractivity contribution in [2.24, 2.45) is 0 Å². The second-order valence-corrected chi connectivity index (χ2v) is 5.91. The molecule has 3 aromatic rings. The quantitative estimate of drug-likeness (QED) is 0.746. The molecule has 0 aliphatic rings. The number of halogens is 2. The minimum atomic E-state index is -0.672. The van der Waals surface area contributed by atoms with E-state index in [9.17, 15) is 8.78 Å². The number of rotatable bonds is 5. The molecule has 7 heteroatoms. The molecule has 0 unspecified atom stereocenters. The molecule has 0 bridgehead atoms. The maximum Gasteiger partial charge on any atom is 0.246 e. The van der Waals surface area contributed by atoms with Crippen LogP contribution in [0.1, 0.15) is 19.4 Å². The monoisotopic (exact) mass is 344 g/mol. The van der Waals surface area contributed by atoms with Gasteiger partial charge in [-0.05, 0) is 44.5 Å². The predicted octanol–water partition coefficient (Wildman–Crippen LogP) is 4.38. The molecule has 0 aliphatic carbocycles. The molecule has 130 valence electrons. The van der Waals surface area contributed by atoms with Gasteiger partial charge in [-0.3, -0.25) is 0 Å². The van der Waals surface area contributed by atoms with Crippen molar-refractivity contribution >= 4 is 11.6 Å². The topological polar surface area (TPSA) is 52.0 Å². The molecular weight excluding hydrogens is 326 g/mol. The van der Waals surface area contributed by atoms with Crippen molar-refractivity contribution in [3.05, 3.63) is 59.9 Å². The Kier molecular flexibility index (Phi) is 4.65. The molecule has 0 fully saturated rings. The van der Waals surface area contributed by atoms with Crippen LogP contribution in [0.15, 0.2) is 42.7 Å². The summed E-state index contributed by atoms with van der Waals surface area (Å²) in [5, 5.41) is 7.30. The largest absolute Gasteiger partial charge is 0.491 e. The Morgan fingerprint density at radius 3 is 2.48 bits per heavy atom. The van der Waals surface area contributed by atoms with Gasteiger partial charge in [0.05, 0.1) is 11.8 Å². The number of nitrogens with zero attached hydrogens (tertiary/aromatic N) is 3. The fourth-order valence-electron chi connectivity index (χ4n) is 2.32. The molecule has 0 spiro atoms. The van der Waals surface area contributed by atoms with E-state index in [1.807, 2.05) is 39.0 Å². The van der Waals surface area contributed by atoms with E-state index < -0.39 is 11.6 Å². The van der Waals surface area contributed by atoms with Gasteiger partial charge < -0.3 is 10.1 Å². The molecule has 2 aromatic carbocycles. The molecule has 0 amide bonds. The van der Waals surface area contributed by atoms with Crippen LogP contribution in [-0.4, -0.2) is 20.9 Å². The number of ether oxygens (including phenoxy) is 1. The van der Waals surface area contributed by atoms with E-state index in [1.54, 1.807) is 0 Å². The zero-order valence-electron chi connectivity index (χ0n) is 14.1. The van der Waals surface area contributed by atoms with E-state index in [2.05, 4.69) is 15.4 Å². The molecule has 1 heterocycles. The number of anilines is 2. The number of nitrogens with one attached hydrogen (secondary N) is 1. The Morgan fingerprint density at radius 2 is 1.80 bits per heavy atom. The Bertz CT molecular complexity index is 872. The van der Waals surface area contributed by atoms with Crippen molar-refractivity contribution in [3.63, 3.8) is 0 Å². The predicted molar refractivity (Wildman–Crippen MR) is 91.5 cm³/mol. The van der Waals surface area contributed by atoms with Gasteiger partial charge in [0.15, 0.2) is 0 Å². The Hall–Kier alpha value is -2.96. The SMILES string of the molecule is Cc1ccc(OC(C)C)cc1Nc1ncn(-c2cc(F)cc(F)c2)n1. The van der Waals surface area contributed by atoms with Crippen molar-refractivity contribution in [2.75, 3.05) is 5.32 Å². The second-order valence-electron chi connectivity index (χ2n) is 5.91. The third kappa shape index (κ3) is 4.12. The van der Waals surface area contributed by atoms with E-state index >= 15 is 0 Å². The second kappa shape index (κ2) is 6.88. The minimum absolute atomic E-state index is 0.0655. The van der Waals surface area contributed by atoms with Crippen LogP contribution in [-0.2, 0) is 0 Å². The molecule has 0 aliphatic heterocycles. The highest BCUT2D eigenvalue weighted by Crippen LogP contribution is 2.25. The van der Waals surface area contributed by atoms with Gasteiger partial charge in [0.2, 0.25) is 5.95 Å². The number of aryl methyl sites for hydroxylation is 1. The minimum Gasteiger partial charge on any atom is -0.491 e. The molecule has 5 nitrogen and oxygen atoms in total. The molecule has 0 saturated carbocycles. The molecule has 1 N–H and O–H groups in total. The van der Waals surface area contributed by atoms with Gasteiger partial charge in [0.1, 0.15) is 23.7 Å². The normalized spacial score (nSPS) is 11.0. The zero-order valence-corrected chi connectivity index (χ0v) is 14.1. The Labute approximate surface area is 144 Å². The first-order valence-corrected chi connectivity index (χ1v) is 7.83. The molecule has 0 atom stereocenters. The van der Waals surface area contributed by atoms with Crippen molar-refractivity contribution in [3.8, 4) is 11.4 Å². The number of hydrogen-bond acceptors (Lipinski definition) is 4. The van der Waals surface area contributed by atoms with Crippen LogP contribution in [0.3, 0.4) is 0 Å². The lowest BCUT2D eigenvalue weighted by Crippen LogP contribution is -2.06. The summed E-state index contributed by atoms with van der Waals surface area (Å²) in [6.45, 7) is 5.85. The van der Waals surface area contributed by atoms with Gasteiger partial charge in [0, 0.05) is 17.8 Å². The summed E-state index contributed by atoms with van der Waals surface area (Å²) in [5.41, 5.74) is 2.04. The van der Waals surface area contributed by atoms with Crippen LogP contribution in [0.4, 0.5) is 20.4 Å². The summed E-state index contributed by atoms with van der Waals surface area (Å²) < 4.78 is 33.7. The van der Waals surface area contributed by atoms with E-state index in [1.165, 1.54) is 23.1 Å². The van der Waals surface area contributed by atoms with E-state index in [0.717, 1.165) is 23.1 Å². The summed E-state index contributed by atoms with van der Waals surface area (Å²) in [6.07, 6.45) is 1.45.